The van der Waals surface area contributed by atoms with Gasteiger partial charge < -0.3 is 19.0 Å². The minimum atomic E-state index is -1.72. The molecule has 19 heavy (non-hydrogen) atoms. The standard InChI is InChI=1S/C14H30O4Si/c1-13(2,3)19(6,7)17-9-8-12-11(15)10-16-14(4,5)18-12/h11-12,15H,8-10H2,1-7H3/t11-,12+/m1/s1. The van der Waals surface area contributed by atoms with E-state index in [1.165, 1.54) is 0 Å². The maximum atomic E-state index is 9.90. The molecule has 0 aromatic heterocycles. The van der Waals surface area contributed by atoms with Gasteiger partial charge >= 0.3 is 0 Å². The van der Waals surface area contributed by atoms with Gasteiger partial charge in [0, 0.05) is 6.61 Å². The Kier molecular flexibility index (Phi) is 5.24. The molecule has 0 aromatic carbocycles. The molecule has 1 N–H and O–H groups in total. The minimum Gasteiger partial charge on any atom is -0.417 e. The lowest BCUT2D eigenvalue weighted by Gasteiger charge is -2.40. The van der Waals surface area contributed by atoms with Crippen molar-refractivity contribution in [3.05, 3.63) is 0 Å². The second kappa shape index (κ2) is 5.82. The van der Waals surface area contributed by atoms with Crippen LogP contribution in [0.5, 0.6) is 0 Å². The highest BCUT2D eigenvalue weighted by Gasteiger charge is 2.39. The fraction of sp³-hybridized carbons (Fsp3) is 1.00. The fourth-order valence-electron chi connectivity index (χ4n) is 1.77. The van der Waals surface area contributed by atoms with E-state index in [0.29, 0.717) is 19.6 Å². The fourth-order valence-corrected chi connectivity index (χ4v) is 2.83. The van der Waals surface area contributed by atoms with Crippen LogP contribution in [0.25, 0.3) is 0 Å². The molecule has 1 aliphatic heterocycles. The van der Waals surface area contributed by atoms with Gasteiger partial charge in [0.1, 0.15) is 6.10 Å². The van der Waals surface area contributed by atoms with E-state index in [0.717, 1.165) is 0 Å². The highest BCUT2D eigenvalue weighted by Crippen LogP contribution is 2.36. The van der Waals surface area contributed by atoms with Crippen molar-refractivity contribution in [2.75, 3.05) is 13.2 Å². The highest BCUT2D eigenvalue weighted by molar-refractivity contribution is 6.74. The van der Waals surface area contributed by atoms with E-state index in [-0.39, 0.29) is 11.1 Å². The number of rotatable bonds is 4. The molecule has 1 saturated heterocycles. The Bertz CT molecular complexity index is 296. The normalized spacial score (nSPS) is 28.4. The summed E-state index contributed by atoms with van der Waals surface area (Å²) in [5, 5.41) is 10.1. The number of ether oxygens (including phenoxy) is 2. The van der Waals surface area contributed by atoms with Gasteiger partial charge in [-0.25, -0.2) is 0 Å². The van der Waals surface area contributed by atoms with Crippen LogP contribution in [0.1, 0.15) is 41.0 Å². The Labute approximate surface area is 118 Å². The molecule has 0 spiro atoms. The minimum absolute atomic E-state index is 0.200. The quantitative estimate of drug-likeness (QED) is 0.809. The van der Waals surface area contributed by atoms with Crippen molar-refractivity contribution >= 4 is 8.32 Å². The Balaban J connectivity index is 2.44. The molecule has 0 aromatic rings. The number of hydrogen-bond donors (Lipinski definition) is 1. The van der Waals surface area contributed by atoms with Crippen molar-refractivity contribution in [2.24, 2.45) is 0 Å². The number of aliphatic hydroxyl groups excluding tert-OH is 1. The predicted molar refractivity (Wildman–Crippen MR) is 78.7 cm³/mol. The highest BCUT2D eigenvalue weighted by atomic mass is 28.4. The summed E-state index contributed by atoms with van der Waals surface area (Å²) in [5.41, 5.74) is 0. The topological polar surface area (TPSA) is 47.9 Å². The van der Waals surface area contributed by atoms with Crippen molar-refractivity contribution in [2.45, 2.75) is 77.2 Å². The van der Waals surface area contributed by atoms with Crippen LogP contribution in [0.3, 0.4) is 0 Å². The molecular weight excluding hydrogens is 260 g/mol. The monoisotopic (exact) mass is 290 g/mol. The lowest BCUT2D eigenvalue weighted by molar-refractivity contribution is -0.305. The Morgan fingerprint density at radius 3 is 2.42 bits per heavy atom. The molecule has 0 saturated carbocycles. The molecule has 1 heterocycles. The smallest absolute Gasteiger partial charge is 0.191 e. The van der Waals surface area contributed by atoms with Gasteiger partial charge in [0.05, 0.1) is 12.7 Å². The van der Waals surface area contributed by atoms with E-state index in [4.69, 9.17) is 13.9 Å². The van der Waals surface area contributed by atoms with Crippen molar-refractivity contribution in [1.82, 2.24) is 0 Å². The van der Waals surface area contributed by atoms with Crippen molar-refractivity contribution < 1.29 is 19.0 Å². The van der Waals surface area contributed by atoms with Crippen LogP contribution >= 0.6 is 0 Å². The molecule has 114 valence electrons. The van der Waals surface area contributed by atoms with E-state index in [2.05, 4.69) is 33.9 Å². The third kappa shape index (κ3) is 4.83. The lowest BCUT2D eigenvalue weighted by atomic mass is 10.1. The maximum absolute atomic E-state index is 9.90. The first kappa shape index (κ1) is 17.1. The molecule has 1 rings (SSSR count). The zero-order chi connectivity index (χ0) is 14.9. The molecule has 1 fully saturated rings. The van der Waals surface area contributed by atoms with Crippen LogP contribution in [0, 0.1) is 0 Å². The van der Waals surface area contributed by atoms with Crippen LogP contribution in [-0.4, -0.2) is 44.6 Å². The zero-order valence-corrected chi connectivity index (χ0v) is 14.4. The summed E-state index contributed by atoms with van der Waals surface area (Å²) in [4.78, 5) is 0. The average Bonchev–Trinajstić information content (AvgIpc) is 2.21. The van der Waals surface area contributed by atoms with Crippen LogP contribution in [-0.2, 0) is 13.9 Å². The van der Waals surface area contributed by atoms with Crippen molar-refractivity contribution in [3.8, 4) is 0 Å². The molecule has 0 amide bonds. The molecule has 0 unspecified atom stereocenters. The van der Waals surface area contributed by atoms with Gasteiger partial charge in [-0.2, -0.15) is 0 Å². The van der Waals surface area contributed by atoms with Gasteiger partial charge in [0.25, 0.3) is 0 Å². The summed E-state index contributed by atoms with van der Waals surface area (Å²) in [6, 6.07) is 0. The zero-order valence-electron chi connectivity index (χ0n) is 13.4. The van der Waals surface area contributed by atoms with Crippen molar-refractivity contribution in [1.29, 1.82) is 0 Å². The second-order valence-corrected chi connectivity index (χ2v) is 12.1. The first-order chi connectivity index (χ1) is 8.45. The summed E-state index contributed by atoms with van der Waals surface area (Å²) < 4.78 is 17.3. The molecule has 0 radical (unpaired) electrons. The van der Waals surface area contributed by atoms with E-state index in [1.54, 1.807) is 0 Å². The third-order valence-electron chi connectivity index (χ3n) is 4.14. The van der Waals surface area contributed by atoms with E-state index in [1.807, 2.05) is 13.8 Å². The predicted octanol–water partition coefficient (Wildman–Crippen LogP) is 2.91. The van der Waals surface area contributed by atoms with Crippen LogP contribution in [0.2, 0.25) is 18.1 Å². The molecular formula is C14H30O4Si. The van der Waals surface area contributed by atoms with Gasteiger partial charge in [0.15, 0.2) is 14.1 Å². The Hall–Kier alpha value is 0.0569. The van der Waals surface area contributed by atoms with E-state index in [9.17, 15) is 5.11 Å². The summed E-state index contributed by atoms with van der Waals surface area (Å²) in [7, 11) is -1.72. The van der Waals surface area contributed by atoms with E-state index >= 15 is 0 Å². The molecule has 2 atom stereocenters. The maximum Gasteiger partial charge on any atom is 0.191 e. The van der Waals surface area contributed by atoms with Crippen molar-refractivity contribution in [3.63, 3.8) is 0 Å². The molecule has 1 aliphatic rings. The first-order valence-corrected chi connectivity index (χ1v) is 9.99. The molecule has 0 bridgehead atoms. The van der Waals surface area contributed by atoms with Crippen LogP contribution in [0.4, 0.5) is 0 Å². The molecule has 5 heteroatoms. The summed E-state index contributed by atoms with van der Waals surface area (Å²) in [5.74, 6) is -0.610. The molecule has 4 nitrogen and oxygen atoms in total. The lowest BCUT2D eigenvalue weighted by Crippen LogP contribution is -2.49. The van der Waals surface area contributed by atoms with E-state index < -0.39 is 20.2 Å². The summed E-state index contributed by atoms with van der Waals surface area (Å²) >= 11 is 0. The SMILES string of the molecule is CC1(C)OC[C@@H](O)[C@H](CCO[Si](C)(C)C(C)(C)C)O1. The molecule has 0 aliphatic carbocycles. The number of aliphatic hydroxyl groups is 1. The largest absolute Gasteiger partial charge is 0.417 e. The second-order valence-electron chi connectivity index (χ2n) is 7.33. The van der Waals surface area contributed by atoms with Gasteiger partial charge in [-0.05, 0) is 38.4 Å². The Morgan fingerprint density at radius 1 is 1.32 bits per heavy atom. The van der Waals surface area contributed by atoms with Gasteiger partial charge in [-0.3, -0.25) is 0 Å². The van der Waals surface area contributed by atoms with Gasteiger partial charge in [-0.15, -0.1) is 0 Å². The summed E-state index contributed by atoms with van der Waals surface area (Å²) in [6.07, 6.45) is -0.0509. The average molecular weight is 290 g/mol. The van der Waals surface area contributed by atoms with Crippen LogP contribution < -0.4 is 0 Å². The number of hydrogen-bond acceptors (Lipinski definition) is 4. The Morgan fingerprint density at radius 2 is 1.89 bits per heavy atom. The van der Waals surface area contributed by atoms with Crippen LogP contribution in [0.15, 0.2) is 0 Å². The third-order valence-corrected chi connectivity index (χ3v) is 8.68. The van der Waals surface area contributed by atoms with Gasteiger partial charge in [0.2, 0.25) is 0 Å². The van der Waals surface area contributed by atoms with Gasteiger partial charge in [-0.1, -0.05) is 20.8 Å². The summed E-state index contributed by atoms with van der Waals surface area (Å²) in [6.45, 7) is 15.9. The first-order valence-electron chi connectivity index (χ1n) is 7.08.